The molecule has 0 saturated heterocycles. The molecule has 0 saturated carbocycles. The fraction of sp³-hybridized carbons (Fsp3) is 0. The topological polar surface area (TPSA) is 53.0 Å². The average molecular weight is 248 g/mol. The molecule has 3 heteroatoms. The van der Waals surface area contributed by atoms with Crippen molar-refractivity contribution in [1.29, 1.82) is 5.41 Å². The highest BCUT2D eigenvalue weighted by Gasteiger charge is 2.29. The SMILES string of the molecule is N=C1NC(=O)C(c2ccccc2)=C1c1ccccc1. The average Bonchev–Trinajstić information content (AvgIpc) is 2.75. The molecule has 0 aliphatic carbocycles. The van der Waals surface area contributed by atoms with E-state index in [0.29, 0.717) is 11.1 Å². The van der Waals surface area contributed by atoms with Crippen molar-refractivity contribution in [3.8, 4) is 0 Å². The van der Waals surface area contributed by atoms with E-state index in [1.807, 2.05) is 60.7 Å². The molecule has 0 unspecified atom stereocenters. The predicted molar refractivity (Wildman–Crippen MR) is 75.6 cm³/mol. The summed E-state index contributed by atoms with van der Waals surface area (Å²) < 4.78 is 0. The van der Waals surface area contributed by atoms with Gasteiger partial charge in [0.25, 0.3) is 5.91 Å². The molecule has 2 N–H and O–H groups in total. The molecule has 92 valence electrons. The van der Waals surface area contributed by atoms with Gasteiger partial charge in [0.05, 0.1) is 5.57 Å². The van der Waals surface area contributed by atoms with Crippen LogP contribution in [0.1, 0.15) is 11.1 Å². The van der Waals surface area contributed by atoms with Gasteiger partial charge in [0.15, 0.2) is 0 Å². The van der Waals surface area contributed by atoms with Crippen LogP contribution in [0.3, 0.4) is 0 Å². The Morgan fingerprint density at radius 3 is 1.74 bits per heavy atom. The van der Waals surface area contributed by atoms with Gasteiger partial charge in [-0.05, 0) is 11.1 Å². The van der Waals surface area contributed by atoms with E-state index in [-0.39, 0.29) is 11.7 Å². The minimum atomic E-state index is -0.213. The lowest BCUT2D eigenvalue weighted by Crippen LogP contribution is -2.22. The van der Waals surface area contributed by atoms with Crippen LogP contribution in [0.25, 0.3) is 11.1 Å². The first-order valence-electron chi connectivity index (χ1n) is 6.03. The molecule has 1 aliphatic heterocycles. The zero-order chi connectivity index (χ0) is 13.2. The van der Waals surface area contributed by atoms with E-state index in [1.165, 1.54) is 0 Å². The van der Waals surface area contributed by atoms with Crippen molar-refractivity contribution >= 4 is 22.9 Å². The number of nitrogens with one attached hydrogen (secondary N) is 2. The van der Waals surface area contributed by atoms with Crippen molar-refractivity contribution < 1.29 is 4.79 Å². The Labute approximate surface area is 111 Å². The molecule has 2 aromatic rings. The molecule has 0 fully saturated rings. The van der Waals surface area contributed by atoms with E-state index in [1.54, 1.807) is 0 Å². The van der Waals surface area contributed by atoms with Gasteiger partial charge in [0, 0.05) is 5.57 Å². The molecule has 1 aliphatic rings. The highest BCUT2D eigenvalue weighted by atomic mass is 16.2. The second-order valence-electron chi connectivity index (χ2n) is 4.31. The molecule has 3 nitrogen and oxygen atoms in total. The van der Waals surface area contributed by atoms with Crippen LogP contribution < -0.4 is 5.32 Å². The lowest BCUT2D eigenvalue weighted by atomic mass is 9.96. The van der Waals surface area contributed by atoms with Crippen LogP contribution in [0.2, 0.25) is 0 Å². The van der Waals surface area contributed by atoms with Crippen molar-refractivity contribution in [2.45, 2.75) is 0 Å². The molecule has 3 rings (SSSR count). The van der Waals surface area contributed by atoms with Crippen molar-refractivity contribution in [3.05, 3.63) is 71.8 Å². The summed E-state index contributed by atoms with van der Waals surface area (Å²) in [4.78, 5) is 12.1. The number of carbonyl (C=O) groups excluding carboxylic acids is 1. The highest BCUT2D eigenvalue weighted by molar-refractivity contribution is 6.49. The lowest BCUT2D eigenvalue weighted by molar-refractivity contribution is -0.114. The molecule has 0 radical (unpaired) electrons. The second-order valence-corrected chi connectivity index (χ2v) is 4.31. The number of benzene rings is 2. The van der Waals surface area contributed by atoms with Gasteiger partial charge in [-0.3, -0.25) is 10.2 Å². The third kappa shape index (κ3) is 1.95. The number of rotatable bonds is 2. The summed E-state index contributed by atoms with van der Waals surface area (Å²) in [6, 6.07) is 19.0. The molecular weight excluding hydrogens is 236 g/mol. The summed E-state index contributed by atoms with van der Waals surface area (Å²) in [7, 11) is 0. The quantitative estimate of drug-likeness (QED) is 0.843. The molecule has 1 heterocycles. The van der Waals surface area contributed by atoms with Crippen LogP contribution in [-0.4, -0.2) is 11.7 Å². The highest BCUT2D eigenvalue weighted by Crippen LogP contribution is 2.30. The standard InChI is InChI=1S/C16H12N2O/c17-15-13(11-7-3-1-4-8-11)14(16(19)18-15)12-9-5-2-6-10-12/h1-10H,(H2,17,18,19). The molecule has 19 heavy (non-hydrogen) atoms. The largest absolute Gasteiger partial charge is 0.306 e. The fourth-order valence-corrected chi connectivity index (χ4v) is 2.25. The first-order chi connectivity index (χ1) is 9.27. The first-order valence-corrected chi connectivity index (χ1v) is 6.03. The molecule has 0 bridgehead atoms. The monoisotopic (exact) mass is 248 g/mol. The molecule has 0 atom stereocenters. The summed E-state index contributed by atoms with van der Waals surface area (Å²) in [5, 5.41) is 10.5. The van der Waals surface area contributed by atoms with Gasteiger partial charge in [0.2, 0.25) is 0 Å². The van der Waals surface area contributed by atoms with Crippen LogP contribution in [-0.2, 0) is 4.79 Å². The van der Waals surface area contributed by atoms with Crippen molar-refractivity contribution in [1.82, 2.24) is 5.32 Å². The van der Waals surface area contributed by atoms with Crippen LogP contribution in [0.15, 0.2) is 60.7 Å². The van der Waals surface area contributed by atoms with E-state index in [4.69, 9.17) is 5.41 Å². The maximum Gasteiger partial charge on any atom is 0.258 e. The van der Waals surface area contributed by atoms with Crippen LogP contribution >= 0.6 is 0 Å². The fourth-order valence-electron chi connectivity index (χ4n) is 2.25. The summed E-state index contributed by atoms with van der Waals surface area (Å²) >= 11 is 0. The third-order valence-corrected chi connectivity index (χ3v) is 3.09. The number of carbonyl (C=O) groups is 1. The molecule has 1 amide bonds. The van der Waals surface area contributed by atoms with Gasteiger partial charge in [0.1, 0.15) is 5.84 Å². The van der Waals surface area contributed by atoms with Gasteiger partial charge < -0.3 is 5.32 Å². The molecule has 0 aromatic heterocycles. The minimum absolute atomic E-state index is 0.162. The van der Waals surface area contributed by atoms with Gasteiger partial charge in [-0.25, -0.2) is 0 Å². The summed E-state index contributed by atoms with van der Waals surface area (Å²) in [5.41, 5.74) is 2.94. The third-order valence-electron chi connectivity index (χ3n) is 3.09. The lowest BCUT2D eigenvalue weighted by Gasteiger charge is -2.05. The molecular formula is C16H12N2O. The Balaban J connectivity index is 2.24. The van der Waals surface area contributed by atoms with Gasteiger partial charge in [-0.2, -0.15) is 0 Å². The van der Waals surface area contributed by atoms with Crippen LogP contribution in [0, 0.1) is 5.41 Å². The van der Waals surface area contributed by atoms with Crippen LogP contribution in [0.4, 0.5) is 0 Å². The zero-order valence-electron chi connectivity index (χ0n) is 10.2. The van der Waals surface area contributed by atoms with Crippen molar-refractivity contribution in [2.75, 3.05) is 0 Å². The van der Waals surface area contributed by atoms with Gasteiger partial charge in [-0.15, -0.1) is 0 Å². The maximum atomic E-state index is 12.1. The smallest absolute Gasteiger partial charge is 0.258 e. The first kappa shape index (κ1) is 11.4. The van der Waals surface area contributed by atoms with Gasteiger partial charge >= 0.3 is 0 Å². The normalized spacial score (nSPS) is 14.7. The van der Waals surface area contributed by atoms with E-state index in [9.17, 15) is 4.79 Å². The number of amides is 1. The van der Waals surface area contributed by atoms with Gasteiger partial charge in [-0.1, -0.05) is 60.7 Å². The van der Waals surface area contributed by atoms with E-state index in [0.717, 1.165) is 11.1 Å². The Hall–Kier alpha value is -2.68. The molecule has 2 aromatic carbocycles. The van der Waals surface area contributed by atoms with Crippen LogP contribution in [0.5, 0.6) is 0 Å². The van der Waals surface area contributed by atoms with Crippen molar-refractivity contribution in [2.24, 2.45) is 0 Å². The number of hydrogen-bond donors (Lipinski definition) is 2. The Morgan fingerprint density at radius 2 is 1.21 bits per heavy atom. The predicted octanol–water partition coefficient (Wildman–Crippen LogP) is 2.70. The Morgan fingerprint density at radius 1 is 0.737 bits per heavy atom. The maximum absolute atomic E-state index is 12.1. The van der Waals surface area contributed by atoms with E-state index >= 15 is 0 Å². The van der Waals surface area contributed by atoms with E-state index < -0.39 is 0 Å². The Bertz CT molecular complexity index is 613. The zero-order valence-corrected chi connectivity index (χ0v) is 10.2. The molecule has 0 spiro atoms. The number of amidine groups is 1. The van der Waals surface area contributed by atoms with Crippen molar-refractivity contribution in [3.63, 3.8) is 0 Å². The minimum Gasteiger partial charge on any atom is -0.306 e. The Kier molecular flexibility index (Phi) is 2.72. The second kappa shape index (κ2) is 4.53. The summed E-state index contributed by atoms with van der Waals surface area (Å²) in [6.07, 6.45) is 0. The van der Waals surface area contributed by atoms with E-state index in [2.05, 4.69) is 5.32 Å². The summed E-state index contributed by atoms with van der Waals surface area (Å²) in [5.74, 6) is -0.0508. The summed E-state index contributed by atoms with van der Waals surface area (Å²) in [6.45, 7) is 0. The number of hydrogen-bond acceptors (Lipinski definition) is 2.